The number of rotatable bonds is 17. The first kappa shape index (κ1) is 65.6. The zero-order valence-electron chi connectivity index (χ0n) is 51.0. The molecule has 23 heteroatoms. The molecule has 4 heterocycles. The summed E-state index contributed by atoms with van der Waals surface area (Å²) in [5.41, 5.74) is 7.46. The van der Waals surface area contributed by atoms with Gasteiger partial charge in [0.25, 0.3) is 0 Å². The second-order valence-electron chi connectivity index (χ2n) is 24.8. The van der Waals surface area contributed by atoms with Crippen LogP contribution in [0, 0.1) is 17.3 Å². The maximum atomic E-state index is 14.2. The molecule has 4 aromatic rings. The van der Waals surface area contributed by atoms with Gasteiger partial charge in [-0.05, 0) is 105 Å². The normalized spacial score (nSPS) is 19.0. The number of nitrogens with zero attached hydrogens (tertiary/aromatic N) is 5. The highest BCUT2D eigenvalue weighted by Gasteiger charge is 2.44. The third kappa shape index (κ3) is 17.4. The van der Waals surface area contributed by atoms with Crippen molar-refractivity contribution in [1.82, 2.24) is 40.6 Å². The average Bonchev–Trinajstić information content (AvgIpc) is 4.05. The number of hydrogen-bond donors (Lipinski definition) is 7. The number of nitrogens with one attached hydrogen (secondary N) is 6. The largest absolute Gasteiger partial charge is 0.444 e. The van der Waals surface area contributed by atoms with Gasteiger partial charge in [-0.15, -0.1) is 0 Å². The molecule has 2 aromatic carbocycles. The molecule has 6 atom stereocenters. The van der Waals surface area contributed by atoms with E-state index in [-0.39, 0.29) is 47.3 Å². The summed E-state index contributed by atoms with van der Waals surface area (Å²) in [6, 6.07) is 14.8. The predicted molar refractivity (Wildman–Crippen MR) is 333 cm³/mol. The highest BCUT2D eigenvalue weighted by molar-refractivity contribution is 7.20. The van der Waals surface area contributed by atoms with Crippen molar-refractivity contribution in [2.45, 2.75) is 187 Å². The van der Waals surface area contributed by atoms with Gasteiger partial charge in [0, 0.05) is 36.7 Å². The van der Waals surface area contributed by atoms with Gasteiger partial charge in [-0.25, -0.2) is 14.8 Å². The standard InChI is InChI=1S/C31H44N6O5S.C31H44N6O4S/c1-19(36(5)30(41)42-31(2,3)4)25(38)33-24(21-15-10-7-11-16-21)28(40)37-18-12-17-22(37)26(39)35-27-23(34-29(32)43-27)20-13-8-6-9-14-20;1-19(32-5)25(38)33-24(21-15-10-7-11-16-21)28(40)37-18-12-17-22(37)26(39)35-27-23(20-13-8-6-9-14-20)34-30(42-27)36-29(41)31(2,3)4/h6,8-9,13-14,19,21-22,24H,7,10-12,15-18H2,1-5H3,(H2,32,34)(H,33,38)(H,35,39);6,8-9,13-14,19,21-22,24,32H,7,10-12,15-18H2,1-5H3,(H,33,38)(H,35,39)(H,34,36,41)/t2*19-,22-,24-/m00/s1. The Hall–Kier alpha value is -6.98. The summed E-state index contributed by atoms with van der Waals surface area (Å²) >= 11 is 2.38. The minimum atomic E-state index is -0.861. The van der Waals surface area contributed by atoms with Gasteiger partial charge in [0.05, 0.1) is 6.04 Å². The molecule has 2 aliphatic carbocycles. The van der Waals surface area contributed by atoms with Gasteiger partial charge in [-0.1, -0.05) is 143 Å². The number of thiazole rings is 2. The number of nitrogens with two attached hydrogens (primary N) is 1. The zero-order chi connectivity index (χ0) is 61.8. The lowest BCUT2D eigenvalue weighted by Gasteiger charge is -2.36. The number of hydrogen-bond acceptors (Lipinski definition) is 15. The first-order valence-corrected chi connectivity index (χ1v) is 31.6. The van der Waals surface area contributed by atoms with Crippen molar-refractivity contribution >= 4 is 90.4 Å². The van der Waals surface area contributed by atoms with Crippen molar-refractivity contribution in [3.63, 3.8) is 0 Å². The van der Waals surface area contributed by atoms with E-state index in [9.17, 15) is 38.4 Å². The topological polar surface area (TPSA) is 279 Å². The van der Waals surface area contributed by atoms with E-state index >= 15 is 0 Å². The number of amides is 8. The van der Waals surface area contributed by atoms with Crippen LogP contribution in [0.25, 0.3) is 22.5 Å². The van der Waals surface area contributed by atoms with E-state index in [1.54, 1.807) is 51.5 Å². The minimum Gasteiger partial charge on any atom is -0.444 e. The average molecular weight is 1210 g/mol. The Balaban J connectivity index is 0.000000244. The number of carbonyl (C=O) groups excluding carboxylic acids is 8. The second-order valence-corrected chi connectivity index (χ2v) is 26.8. The molecule has 0 radical (unpaired) electrons. The quantitative estimate of drug-likeness (QED) is 0.0520. The molecule has 0 bridgehead atoms. The molecule has 0 spiro atoms. The Morgan fingerprint density at radius 3 is 1.51 bits per heavy atom. The molecule has 2 saturated heterocycles. The third-order valence-corrected chi connectivity index (χ3v) is 17.9. The summed E-state index contributed by atoms with van der Waals surface area (Å²) in [7, 11) is 3.22. The number of likely N-dealkylation sites (tertiary alicyclic amines) is 2. The van der Waals surface area contributed by atoms with Crippen LogP contribution in [0.15, 0.2) is 60.7 Å². The van der Waals surface area contributed by atoms with Crippen molar-refractivity contribution in [2.75, 3.05) is 48.9 Å². The number of likely N-dealkylation sites (N-methyl/N-ethyl adjacent to an activating group) is 2. The minimum absolute atomic E-state index is 0.0451. The number of nitrogen functional groups attached to an aromatic ring is 1. The third-order valence-electron chi connectivity index (χ3n) is 16.3. The van der Waals surface area contributed by atoms with E-state index in [1.165, 1.54) is 34.6 Å². The van der Waals surface area contributed by atoms with E-state index in [0.717, 1.165) is 75.3 Å². The van der Waals surface area contributed by atoms with Crippen LogP contribution in [-0.2, 0) is 38.3 Å². The zero-order valence-corrected chi connectivity index (χ0v) is 52.6. The molecule has 4 aliphatic rings. The molecule has 2 aromatic heterocycles. The van der Waals surface area contributed by atoms with Crippen LogP contribution in [0.2, 0.25) is 0 Å². The Morgan fingerprint density at radius 2 is 1.06 bits per heavy atom. The van der Waals surface area contributed by atoms with Gasteiger partial charge >= 0.3 is 6.09 Å². The SMILES string of the molecule is CN[C@@H](C)C(=O)N[C@H](C(=O)N1CCC[C@H]1C(=O)Nc1sc(NC(=O)C(C)(C)C)nc1-c1ccccc1)C1CCCCC1.C[C@@H](C(=O)N[C@H](C(=O)N1CCC[C@H]1C(=O)Nc1sc(N)nc1-c1ccccc1)C1CCCCC1)N(C)C(=O)OC(C)(C)C. The second kappa shape index (κ2) is 29.4. The van der Waals surface area contributed by atoms with Crippen molar-refractivity contribution in [2.24, 2.45) is 17.3 Å². The summed E-state index contributed by atoms with van der Waals surface area (Å²) in [5.74, 6) is -1.91. The Labute approximate surface area is 508 Å². The van der Waals surface area contributed by atoms with Gasteiger partial charge < -0.3 is 52.2 Å². The van der Waals surface area contributed by atoms with E-state index in [1.807, 2.05) is 81.4 Å². The predicted octanol–water partition coefficient (Wildman–Crippen LogP) is 9.04. The van der Waals surface area contributed by atoms with Gasteiger partial charge in [0.2, 0.25) is 41.4 Å². The number of anilines is 4. The van der Waals surface area contributed by atoms with Crippen molar-refractivity contribution in [3.8, 4) is 22.5 Å². The fourth-order valence-corrected chi connectivity index (χ4v) is 12.8. The molecular weight excluding hydrogens is 1120 g/mol. The highest BCUT2D eigenvalue weighted by atomic mass is 32.1. The van der Waals surface area contributed by atoms with Crippen LogP contribution < -0.4 is 37.6 Å². The van der Waals surface area contributed by atoms with Crippen LogP contribution in [0.3, 0.4) is 0 Å². The monoisotopic (exact) mass is 1210 g/mol. The molecule has 0 unspecified atom stereocenters. The molecule has 2 saturated carbocycles. The molecule has 8 amide bonds. The van der Waals surface area contributed by atoms with Crippen LogP contribution in [-0.4, -0.2) is 141 Å². The van der Waals surface area contributed by atoms with E-state index < -0.39 is 59.3 Å². The lowest BCUT2D eigenvalue weighted by molar-refractivity contribution is -0.142. The molecule has 85 heavy (non-hydrogen) atoms. The van der Waals surface area contributed by atoms with Crippen molar-refractivity contribution in [1.29, 1.82) is 0 Å². The van der Waals surface area contributed by atoms with Crippen LogP contribution in [0.5, 0.6) is 0 Å². The van der Waals surface area contributed by atoms with Gasteiger partial charge in [-0.3, -0.25) is 38.5 Å². The molecule has 4 fully saturated rings. The van der Waals surface area contributed by atoms with Gasteiger partial charge in [0.15, 0.2) is 10.3 Å². The number of ether oxygens (including phenoxy) is 1. The molecule has 21 nitrogen and oxygen atoms in total. The summed E-state index contributed by atoms with van der Waals surface area (Å²) < 4.78 is 5.42. The fourth-order valence-electron chi connectivity index (χ4n) is 11.2. The Kier molecular flexibility index (Phi) is 22.7. The van der Waals surface area contributed by atoms with Crippen molar-refractivity contribution < 1.29 is 43.1 Å². The maximum absolute atomic E-state index is 14.2. The maximum Gasteiger partial charge on any atom is 0.410 e. The Morgan fingerprint density at radius 1 is 0.612 bits per heavy atom. The van der Waals surface area contributed by atoms with Crippen LogP contribution in [0.1, 0.15) is 145 Å². The van der Waals surface area contributed by atoms with E-state index in [4.69, 9.17) is 10.5 Å². The molecular formula is C62H88N12O9S2. The summed E-state index contributed by atoms with van der Waals surface area (Å²) in [6.45, 7) is 15.0. The van der Waals surface area contributed by atoms with Crippen molar-refractivity contribution in [3.05, 3.63) is 60.7 Å². The van der Waals surface area contributed by atoms with Crippen LogP contribution >= 0.6 is 22.7 Å². The Bertz CT molecular complexity index is 2970. The lowest BCUT2D eigenvalue weighted by Crippen LogP contribution is -2.58. The van der Waals surface area contributed by atoms with E-state index in [2.05, 4.69) is 41.9 Å². The first-order chi connectivity index (χ1) is 40.3. The summed E-state index contributed by atoms with van der Waals surface area (Å²) in [5, 5.41) is 19.6. The highest BCUT2D eigenvalue weighted by Crippen LogP contribution is 2.39. The van der Waals surface area contributed by atoms with Gasteiger partial charge in [0.1, 0.15) is 57.2 Å². The molecule has 8 N–H and O–H groups in total. The number of benzene rings is 2. The smallest absolute Gasteiger partial charge is 0.410 e. The fraction of sp³-hybridized carbons (Fsp3) is 0.581. The first-order valence-electron chi connectivity index (χ1n) is 30.0. The molecule has 462 valence electrons. The number of aromatic nitrogens is 2. The molecule has 2 aliphatic heterocycles. The number of carbonyl (C=O) groups is 8. The van der Waals surface area contributed by atoms with Crippen LogP contribution in [0.4, 0.5) is 25.1 Å². The van der Waals surface area contributed by atoms with Gasteiger partial charge in [-0.2, -0.15) is 0 Å². The lowest BCUT2D eigenvalue weighted by atomic mass is 9.83. The summed E-state index contributed by atoms with van der Waals surface area (Å²) in [6.07, 6.45) is 11.3. The molecule has 8 rings (SSSR count). The van der Waals surface area contributed by atoms with E-state index in [0.29, 0.717) is 70.4 Å². The summed E-state index contributed by atoms with van der Waals surface area (Å²) in [4.78, 5) is 121.